The van der Waals surface area contributed by atoms with Crippen molar-refractivity contribution < 1.29 is 22.7 Å². The lowest BCUT2D eigenvalue weighted by molar-refractivity contribution is 0.102. The predicted octanol–water partition coefficient (Wildman–Crippen LogP) is 3.33. The van der Waals surface area contributed by atoms with Crippen molar-refractivity contribution >= 4 is 27.6 Å². The summed E-state index contributed by atoms with van der Waals surface area (Å²) in [6.45, 7) is 7.16. The van der Waals surface area contributed by atoms with Crippen LogP contribution in [0.1, 0.15) is 49.5 Å². The van der Waals surface area contributed by atoms with Crippen LogP contribution in [-0.4, -0.2) is 50.4 Å². The number of carbonyl (C=O) groups is 2. The molecule has 2 aromatic rings. The van der Waals surface area contributed by atoms with E-state index in [2.05, 4.69) is 16.0 Å². The minimum absolute atomic E-state index is 0.0412. The third kappa shape index (κ3) is 6.48. The van der Waals surface area contributed by atoms with Gasteiger partial charge in [-0.1, -0.05) is 12.1 Å². The monoisotopic (exact) mass is 488 g/mol. The molecule has 1 aliphatic heterocycles. The summed E-state index contributed by atoms with van der Waals surface area (Å²) >= 11 is 0. The van der Waals surface area contributed by atoms with E-state index in [4.69, 9.17) is 4.74 Å². The Balaban J connectivity index is 1.71. The molecular weight excluding hydrogens is 456 g/mol. The first-order valence-corrected chi connectivity index (χ1v) is 12.9. The number of anilines is 1. The third-order valence-electron chi connectivity index (χ3n) is 5.27. The van der Waals surface area contributed by atoms with Gasteiger partial charge in [0.2, 0.25) is 10.0 Å². The number of carbonyl (C=O) groups excluding carboxylic acids is 2. The summed E-state index contributed by atoms with van der Waals surface area (Å²) in [5, 5.41) is 8.26. The van der Waals surface area contributed by atoms with Crippen molar-refractivity contribution in [2.24, 2.45) is 0 Å². The molecule has 0 spiro atoms. The van der Waals surface area contributed by atoms with Gasteiger partial charge in [-0.15, -0.1) is 0 Å². The van der Waals surface area contributed by atoms with Crippen molar-refractivity contribution in [3.8, 4) is 5.75 Å². The Morgan fingerprint density at radius 3 is 2.35 bits per heavy atom. The Labute approximate surface area is 200 Å². The van der Waals surface area contributed by atoms with E-state index in [1.165, 1.54) is 10.4 Å². The lowest BCUT2D eigenvalue weighted by Gasteiger charge is -2.19. The summed E-state index contributed by atoms with van der Waals surface area (Å²) < 4.78 is 33.3. The van der Waals surface area contributed by atoms with Crippen LogP contribution < -0.4 is 20.7 Å². The van der Waals surface area contributed by atoms with Crippen molar-refractivity contribution in [1.82, 2.24) is 14.9 Å². The number of nitrogens with zero attached hydrogens (tertiary/aromatic N) is 1. The number of nitrogens with one attached hydrogen (secondary N) is 3. The number of sulfonamides is 1. The number of amides is 3. The van der Waals surface area contributed by atoms with Gasteiger partial charge in [0, 0.05) is 36.9 Å². The van der Waals surface area contributed by atoms with Gasteiger partial charge in [-0.05, 0) is 69.5 Å². The van der Waals surface area contributed by atoms with Crippen LogP contribution in [0.4, 0.5) is 10.5 Å². The quantitative estimate of drug-likeness (QED) is 0.501. The predicted molar refractivity (Wildman–Crippen MR) is 131 cm³/mol. The second-order valence-electron chi connectivity index (χ2n) is 8.34. The molecule has 1 heterocycles. The summed E-state index contributed by atoms with van der Waals surface area (Å²) in [4.78, 5) is 24.5. The first-order chi connectivity index (χ1) is 16.2. The zero-order valence-electron chi connectivity index (χ0n) is 19.8. The van der Waals surface area contributed by atoms with Gasteiger partial charge in [-0.3, -0.25) is 4.79 Å². The molecule has 0 bridgehead atoms. The lowest BCUT2D eigenvalue weighted by Crippen LogP contribution is -2.39. The minimum atomic E-state index is -3.72. The van der Waals surface area contributed by atoms with E-state index in [-0.39, 0.29) is 28.6 Å². The SMILES string of the molecule is CCOc1ccc(NC(=O)c2ccc(CNC(=O)NC(C)C)cc2)cc1S(=O)(=O)N1CCCC1. The zero-order valence-corrected chi connectivity index (χ0v) is 20.6. The van der Waals surface area contributed by atoms with Gasteiger partial charge < -0.3 is 20.7 Å². The maximum atomic E-state index is 13.1. The number of hydrogen-bond donors (Lipinski definition) is 3. The van der Waals surface area contributed by atoms with Crippen LogP contribution in [0.15, 0.2) is 47.4 Å². The molecule has 184 valence electrons. The first-order valence-electron chi connectivity index (χ1n) is 11.4. The standard InChI is InChI=1S/C24H32N4O5S/c1-4-33-21-12-11-20(15-22(21)34(31,32)28-13-5-6-14-28)27-23(29)19-9-7-18(8-10-19)16-25-24(30)26-17(2)3/h7-12,15,17H,4-6,13-14,16H2,1-3H3,(H,27,29)(H2,25,26,30). The fraction of sp³-hybridized carbons (Fsp3) is 0.417. The van der Waals surface area contributed by atoms with Gasteiger partial charge in [-0.25, -0.2) is 13.2 Å². The molecule has 10 heteroatoms. The molecule has 0 aromatic heterocycles. The Bertz CT molecular complexity index is 1110. The van der Waals surface area contributed by atoms with Crippen LogP contribution in [0.3, 0.4) is 0 Å². The molecular formula is C24H32N4O5S. The highest BCUT2D eigenvalue weighted by molar-refractivity contribution is 7.89. The number of ether oxygens (including phenoxy) is 1. The van der Waals surface area contributed by atoms with Gasteiger partial charge in [0.05, 0.1) is 6.61 Å². The average molecular weight is 489 g/mol. The summed E-state index contributed by atoms with van der Waals surface area (Å²) in [6, 6.07) is 11.2. The van der Waals surface area contributed by atoms with Crippen LogP contribution in [0, 0.1) is 0 Å². The van der Waals surface area contributed by atoms with Crippen LogP contribution in [0.25, 0.3) is 0 Å². The molecule has 0 unspecified atom stereocenters. The molecule has 0 aliphatic carbocycles. The highest BCUT2D eigenvalue weighted by Crippen LogP contribution is 2.31. The molecule has 2 aromatic carbocycles. The van der Waals surface area contributed by atoms with Gasteiger partial charge in [0.1, 0.15) is 10.6 Å². The van der Waals surface area contributed by atoms with Crippen molar-refractivity contribution in [2.75, 3.05) is 25.0 Å². The summed E-state index contributed by atoms with van der Waals surface area (Å²) in [6.07, 6.45) is 1.65. The molecule has 0 radical (unpaired) electrons. The fourth-order valence-corrected chi connectivity index (χ4v) is 5.28. The van der Waals surface area contributed by atoms with E-state index >= 15 is 0 Å². The molecule has 0 atom stereocenters. The molecule has 1 saturated heterocycles. The van der Waals surface area contributed by atoms with E-state index in [0.717, 1.165) is 18.4 Å². The van der Waals surface area contributed by atoms with Crippen molar-refractivity contribution in [3.63, 3.8) is 0 Å². The average Bonchev–Trinajstić information content (AvgIpc) is 3.35. The van der Waals surface area contributed by atoms with Crippen molar-refractivity contribution in [2.45, 2.75) is 51.1 Å². The number of benzene rings is 2. The fourth-order valence-electron chi connectivity index (χ4n) is 3.60. The molecule has 3 amide bonds. The topological polar surface area (TPSA) is 117 Å². The lowest BCUT2D eigenvalue weighted by atomic mass is 10.1. The number of urea groups is 1. The highest BCUT2D eigenvalue weighted by Gasteiger charge is 2.30. The van der Waals surface area contributed by atoms with E-state index in [1.54, 1.807) is 43.3 Å². The smallest absolute Gasteiger partial charge is 0.315 e. The van der Waals surface area contributed by atoms with E-state index in [1.807, 2.05) is 13.8 Å². The van der Waals surface area contributed by atoms with Gasteiger partial charge in [0.15, 0.2) is 0 Å². The molecule has 34 heavy (non-hydrogen) atoms. The Morgan fingerprint density at radius 1 is 1.06 bits per heavy atom. The summed E-state index contributed by atoms with van der Waals surface area (Å²) in [5.74, 6) is -0.100. The Morgan fingerprint density at radius 2 is 1.74 bits per heavy atom. The normalized spacial score (nSPS) is 14.1. The summed E-state index contributed by atoms with van der Waals surface area (Å²) in [7, 11) is -3.72. The molecule has 3 N–H and O–H groups in total. The highest BCUT2D eigenvalue weighted by atomic mass is 32.2. The van der Waals surface area contributed by atoms with Crippen LogP contribution in [-0.2, 0) is 16.6 Å². The number of hydrogen-bond acceptors (Lipinski definition) is 5. The van der Waals surface area contributed by atoms with Crippen LogP contribution >= 0.6 is 0 Å². The van der Waals surface area contributed by atoms with Gasteiger partial charge in [-0.2, -0.15) is 4.31 Å². The summed E-state index contributed by atoms with van der Waals surface area (Å²) in [5.41, 5.74) is 1.62. The van der Waals surface area contributed by atoms with E-state index < -0.39 is 10.0 Å². The number of rotatable bonds is 9. The zero-order chi connectivity index (χ0) is 24.7. The van der Waals surface area contributed by atoms with Crippen LogP contribution in [0.5, 0.6) is 5.75 Å². The Kier molecular flexibility index (Phi) is 8.51. The molecule has 1 aliphatic rings. The van der Waals surface area contributed by atoms with Crippen LogP contribution in [0.2, 0.25) is 0 Å². The van der Waals surface area contributed by atoms with Gasteiger partial charge in [0.25, 0.3) is 5.91 Å². The second-order valence-corrected chi connectivity index (χ2v) is 10.2. The first kappa shape index (κ1) is 25.5. The largest absolute Gasteiger partial charge is 0.492 e. The molecule has 1 fully saturated rings. The van der Waals surface area contributed by atoms with E-state index in [9.17, 15) is 18.0 Å². The molecule has 0 saturated carbocycles. The van der Waals surface area contributed by atoms with Crippen molar-refractivity contribution in [1.29, 1.82) is 0 Å². The molecule has 3 rings (SSSR count). The maximum absolute atomic E-state index is 13.1. The maximum Gasteiger partial charge on any atom is 0.315 e. The Hall–Kier alpha value is -3.11. The molecule has 9 nitrogen and oxygen atoms in total. The third-order valence-corrected chi connectivity index (χ3v) is 7.19. The second kappa shape index (κ2) is 11.3. The minimum Gasteiger partial charge on any atom is -0.492 e. The van der Waals surface area contributed by atoms with E-state index in [0.29, 0.717) is 37.5 Å². The van der Waals surface area contributed by atoms with Gasteiger partial charge >= 0.3 is 6.03 Å². The van der Waals surface area contributed by atoms with Crippen molar-refractivity contribution in [3.05, 3.63) is 53.6 Å².